The smallest absolute Gasteiger partial charge is 0.178 e. The van der Waals surface area contributed by atoms with Crippen LogP contribution in [0, 0.1) is 28.6 Å². The van der Waals surface area contributed by atoms with Crippen molar-refractivity contribution < 1.29 is 14.7 Å². The number of rotatable bonds is 0. The van der Waals surface area contributed by atoms with E-state index in [0.29, 0.717) is 30.5 Å². The van der Waals surface area contributed by atoms with Crippen molar-refractivity contribution in [3.8, 4) is 0 Å². The van der Waals surface area contributed by atoms with Gasteiger partial charge >= 0.3 is 0 Å². The lowest BCUT2D eigenvalue weighted by molar-refractivity contribution is -0.142. The van der Waals surface area contributed by atoms with Gasteiger partial charge in [-0.05, 0) is 49.7 Å². The van der Waals surface area contributed by atoms with Gasteiger partial charge in [-0.2, -0.15) is 0 Å². The highest BCUT2D eigenvalue weighted by atomic mass is 16.3. The minimum absolute atomic E-state index is 0.0668. The van der Waals surface area contributed by atoms with Crippen molar-refractivity contribution in [3.05, 3.63) is 23.8 Å². The maximum absolute atomic E-state index is 12.4. The summed E-state index contributed by atoms with van der Waals surface area (Å²) in [5.74, 6) is 1.34. The number of aliphatic hydroxyl groups excluding tert-OH is 1. The van der Waals surface area contributed by atoms with Crippen molar-refractivity contribution in [1.82, 2.24) is 0 Å². The first kappa shape index (κ1) is 14.4. The Morgan fingerprint density at radius 1 is 1.18 bits per heavy atom. The summed E-state index contributed by atoms with van der Waals surface area (Å²) >= 11 is 0. The summed E-state index contributed by atoms with van der Waals surface area (Å²) in [5.41, 5.74) is 0.628. The van der Waals surface area contributed by atoms with E-state index in [9.17, 15) is 14.7 Å². The molecule has 0 saturated heterocycles. The fourth-order valence-corrected chi connectivity index (χ4v) is 6.10. The molecule has 0 heterocycles. The van der Waals surface area contributed by atoms with Crippen LogP contribution in [0.15, 0.2) is 23.8 Å². The third-order valence-corrected chi connectivity index (χ3v) is 7.21. The van der Waals surface area contributed by atoms with Gasteiger partial charge in [0.05, 0.1) is 6.10 Å². The number of hydrogen-bond acceptors (Lipinski definition) is 3. The molecule has 6 atom stereocenters. The Hall–Kier alpha value is -1.22. The van der Waals surface area contributed by atoms with E-state index >= 15 is 0 Å². The largest absolute Gasteiger partial charge is 0.393 e. The van der Waals surface area contributed by atoms with Crippen molar-refractivity contribution in [2.45, 2.75) is 52.1 Å². The summed E-state index contributed by atoms with van der Waals surface area (Å²) in [6.45, 7) is 4.24. The topological polar surface area (TPSA) is 54.4 Å². The third kappa shape index (κ3) is 1.66. The van der Waals surface area contributed by atoms with Crippen LogP contribution in [0.25, 0.3) is 0 Å². The van der Waals surface area contributed by atoms with Gasteiger partial charge in [0.15, 0.2) is 5.78 Å². The molecule has 0 aliphatic heterocycles. The Kier molecular flexibility index (Phi) is 2.88. The predicted molar refractivity (Wildman–Crippen MR) is 83.0 cm³/mol. The minimum Gasteiger partial charge on any atom is -0.393 e. The molecule has 0 aromatic rings. The number of aliphatic hydroxyl groups is 1. The van der Waals surface area contributed by atoms with Crippen LogP contribution < -0.4 is 0 Å². The quantitative estimate of drug-likeness (QED) is 0.748. The van der Waals surface area contributed by atoms with Crippen LogP contribution in [0.3, 0.4) is 0 Å². The summed E-state index contributed by atoms with van der Waals surface area (Å²) in [4.78, 5) is 24.1. The maximum atomic E-state index is 12.4. The Morgan fingerprint density at radius 3 is 2.73 bits per heavy atom. The second-order valence-corrected chi connectivity index (χ2v) is 8.17. The van der Waals surface area contributed by atoms with Gasteiger partial charge in [0.2, 0.25) is 0 Å². The first-order chi connectivity index (χ1) is 10.4. The standard InChI is InChI=1S/C19H24O3/c1-18-8-7-12(20)9-11(18)3-4-13-14-5-6-16(22)19(14,2)10-15(21)17(13)18/h7-9,13-15,17,21H,3-6,10H2,1-2H3/t13-,14-,15+,17+,18+,19+/m1/s1. The second kappa shape index (κ2) is 4.41. The molecule has 4 rings (SSSR count). The fraction of sp³-hybridized carbons (Fsp3) is 0.684. The molecule has 0 aromatic carbocycles. The maximum Gasteiger partial charge on any atom is 0.178 e. The van der Waals surface area contributed by atoms with Crippen LogP contribution in [0.4, 0.5) is 0 Å². The van der Waals surface area contributed by atoms with Crippen LogP contribution in [-0.4, -0.2) is 22.8 Å². The molecule has 0 aromatic heterocycles. The zero-order chi connectivity index (χ0) is 15.7. The highest BCUT2D eigenvalue weighted by Gasteiger charge is 2.61. The van der Waals surface area contributed by atoms with E-state index in [0.717, 1.165) is 19.3 Å². The van der Waals surface area contributed by atoms with Crippen molar-refractivity contribution in [3.63, 3.8) is 0 Å². The molecule has 3 heteroatoms. The van der Waals surface area contributed by atoms with Gasteiger partial charge in [0.1, 0.15) is 5.78 Å². The molecule has 0 unspecified atom stereocenters. The Morgan fingerprint density at radius 2 is 1.95 bits per heavy atom. The van der Waals surface area contributed by atoms with E-state index in [4.69, 9.17) is 0 Å². The number of Topliss-reactive ketones (excluding diaryl/α,β-unsaturated/α-hetero) is 1. The van der Waals surface area contributed by atoms with Crippen molar-refractivity contribution in [2.75, 3.05) is 0 Å². The number of allylic oxidation sites excluding steroid dienone is 4. The van der Waals surface area contributed by atoms with E-state index in [1.54, 1.807) is 12.2 Å². The lowest BCUT2D eigenvalue weighted by Crippen LogP contribution is -2.55. The first-order valence-corrected chi connectivity index (χ1v) is 8.52. The molecule has 3 saturated carbocycles. The van der Waals surface area contributed by atoms with Crippen molar-refractivity contribution >= 4 is 11.6 Å². The number of hydrogen-bond donors (Lipinski definition) is 1. The van der Waals surface area contributed by atoms with Gasteiger partial charge in [0, 0.05) is 23.2 Å². The van der Waals surface area contributed by atoms with Gasteiger partial charge in [0.25, 0.3) is 0 Å². The molecular formula is C19H24O3. The number of ketones is 2. The molecule has 0 bridgehead atoms. The average molecular weight is 300 g/mol. The second-order valence-electron chi connectivity index (χ2n) is 8.17. The molecule has 22 heavy (non-hydrogen) atoms. The predicted octanol–water partition coefficient (Wildman–Crippen LogP) is 2.83. The van der Waals surface area contributed by atoms with Crippen molar-refractivity contribution in [2.24, 2.45) is 28.6 Å². The van der Waals surface area contributed by atoms with Crippen LogP contribution in [0.2, 0.25) is 0 Å². The molecule has 4 aliphatic rings. The highest BCUT2D eigenvalue weighted by molar-refractivity contribution is 6.01. The summed E-state index contributed by atoms with van der Waals surface area (Å²) < 4.78 is 0. The third-order valence-electron chi connectivity index (χ3n) is 7.21. The Bertz CT molecular complexity index is 616. The van der Waals surface area contributed by atoms with Crippen molar-refractivity contribution in [1.29, 1.82) is 0 Å². The summed E-state index contributed by atoms with van der Waals surface area (Å²) in [7, 11) is 0. The molecule has 0 spiro atoms. The van der Waals surface area contributed by atoms with Crippen LogP contribution in [0.1, 0.15) is 46.0 Å². The van der Waals surface area contributed by atoms with Crippen LogP contribution in [0.5, 0.6) is 0 Å². The summed E-state index contributed by atoms with van der Waals surface area (Å²) in [6, 6.07) is 0. The van der Waals surface area contributed by atoms with Crippen LogP contribution in [-0.2, 0) is 9.59 Å². The van der Waals surface area contributed by atoms with E-state index < -0.39 is 6.10 Å². The van der Waals surface area contributed by atoms with E-state index in [1.807, 2.05) is 6.08 Å². The number of fused-ring (bicyclic) bond motifs is 5. The number of carbonyl (C=O) groups excluding carboxylic acids is 2. The minimum atomic E-state index is -0.458. The normalized spacial score (nSPS) is 50.2. The summed E-state index contributed by atoms with van der Waals surface area (Å²) in [6.07, 6.45) is 9.14. The summed E-state index contributed by atoms with van der Waals surface area (Å²) in [5, 5.41) is 10.9. The van der Waals surface area contributed by atoms with Gasteiger partial charge < -0.3 is 5.11 Å². The SMILES string of the molecule is C[C@]12C=CC(=O)C=C1CC[C@H]1[C@H]2[C@@H](O)C[C@]2(C)C(=O)CC[C@H]12. The first-order valence-electron chi connectivity index (χ1n) is 8.52. The average Bonchev–Trinajstić information content (AvgIpc) is 2.75. The van der Waals surface area contributed by atoms with Crippen LogP contribution >= 0.6 is 0 Å². The Balaban J connectivity index is 1.77. The van der Waals surface area contributed by atoms with E-state index in [-0.39, 0.29) is 22.5 Å². The van der Waals surface area contributed by atoms with E-state index in [1.165, 1.54) is 5.57 Å². The molecule has 3 nitrogen and oxygen atoms in total. The van der Waals surface area contributed by atoms with Gasteiger partial charge in [-0.3, -0.25) is 9.59 Å². The Labute approximate surface area is 131 Å². The zero-order valence-electron chi connectivity index (χ0n) is 13.3. The van der Waals surface area contributed by atoms with Gasteiger partial charge in [-0.25, -0.2) is 0 Å². The van der Waals surface area contributed by atoms with E-state index in [2.05, 4.69) is 13.8 Å². The molecule has 4 aliphatic carbocycles. The molecule has 0 amide bonds. The van der Waals surface area contributed by atoms with Gasteiger partial charge in [-0.15, -0.1) is 0 Å². The number of carbonyl (C=O) groups is 2. The highest BCUT2D eigenvalue weighted by Crippen LogP contribution is 2.63. The molecular weight excluding hydrogens is 276 g/mol. The molecule has 1 N–H and O–H groups in total. The fourth-order valence-electron chi connectivity index (χ4n) is 6.10. The molecule has 118 valence electrons. The lowest BCUT2D eigenvalue weighted by Gasteiger charge is -2.57. The lowest BCUT2D eigenvalue weighted by atomic mass is 9.47. The molecule has 3 fully saturated rings. The monoisotopic (exact) mass is 300 g/mol. The van der Waals surface area contributed by atoms with Gasteiger partial charge in [-0.1, -0.05) is 25.5 Å². The molecule has 0 radical (unpaired) electrons. The zero-order valence-corrected chi connectivity index (χ0v) is 13.3.